The fourth-order valence-corrected chi connectivity index (χ4v) is 2.42. The van der Waals surface area contributed by atoms with Gasteiger partial charge < -0.3 is 9.47 Å². The molecule has 0 unspecified atom stereocenters. The highest BCUT2D eigenvalue weighted by atomic mass is 32.1. The van der Waals surface area contributed by atoms with Gasteiger partial charge in [0.15, 0.2) is 5.82 Å². The molecule has 0 atom stereocenters. The molecule has 7 heteroatoms. The number of para-hydroxylation sites is 1. The van der Waals surface area contributed by atoms with E-state index in [2.05, 4.69) is 15.3 Å². The quantitative estimate of drug-likeness (QED) is 0.570. The highest BCUT2D eigenvalue weighted by molar-refractivity contribution is 7.71. The molecule has 0 amide bonds. The number of ether oxygens (including phenoxy) is 2. The van der Waals surface area contributed by atoms with Gasteiger partial charge in [-0.1, -0.05) is 24.3 Å². The number of aromatic amines is 1. The van der Waals surface area contributed by atoms with Crippen molar-refractivity contribution in [1.82, 2.24) is 14.9 Å². The van der Waals surface area contributed by atoms with Gasteiger partial charge in [0, 0.05) is 11.1 Å². The minimum atomic E-state index is 0.402. The summed E-state index contributed by atoms with van der Waals surface area (Å²) < 4.78 is 12.5. The number of benzene rings is 2. The van der Waals surface area contributed by atoms with Crippen molar-refractivity contribution in [3.63, 3.8) is 0 Å². The lowest BCUT2D eigenvalue weighted by Crippen LogP contribution is -1.97. The molecule has 1 N–H and O–H groups in total. The summed E-state index contributed by atoms with van der Waals surface area (Å²) in [5.41, 5.74) is 1.69. The number of H-pyrrole nitrogens is 1. The van der Waals surface area contributed by atoms with Crippen LogP contribution < -0.4 is 9.47 Å². The Hall–Kier alpha value is -2.93. The van der Waals surface area contributed by atoms with Crippen molar-refractivity contribution in [2.24, 2.45) is 5.10 Å². The van der Waals surface area contributed by atoms with Crippen LogP contribution in [0.1, 0.15) is 5.56 Å². The van der Waals surface area contributed by atoms with Crippen molar-refractivity contribution in [1.29, 1.82) is 0 Å². The zero-order valence-electron chi connectivity index (χ0n) is 13.3. The van der Waals surface area contributed by atoms with Crippen LogP contribution in [0.25, 0.3) is 11.4 Å². The molecule has 3 rings (SSSR count). The van der Waals surface area contributed by atoms with E-state index in [9.17, 15) is 0 Å². The average molecular weight is 340 g/mol. The molecule has 0 aliphatic carbocycles. The molecule has 0 saturated carbocycles. The van der Waals surface area contributed by atoms with Gasteiger partial charge in [0.05, 0.1) is 20.4 Å². The second-order valence-electron chi connectivity index (χ2n) is 4.88. The number of methoxy groups -OCH3 is 2. The van der Waals surface area contributed by atoms with Crippen LogP contribution in [0, 0.1) is 4.77 Å². The highest BCUT2D eigenvalue weighted by Crippen LogP contribution is 2.22. The molecule has 1 heterocycles. The van der Waals surface area contributed by atoms with E-state index in [0.717, 1.165) is 22.6 Å². The van der Waals surface area contributed by atoms with Gasteiger partial charge in [-0.15, -0.1) is 0 Å². The fraction of sp³-hybridized carbons (Fsp3) is 0.118. The molecule has 0 fully saturated rings. The molecule has 3 aromatic rings. The van der Waals surface area contributed by atoms with Crippen molar-refractivity contribution in [2.45, 2.75) is 0 Å². The molecular formula is C17H16N4O2S. The predicted molar refractivity (Wildman–Crippen MR) is 95.4 cm³/mol. The van der Waals surface area contributed by atoms with Crippen LogP contribution >= 0.6 is 12.2 Å². The van der Waals surface area contributed by atoms with Crippen LogP contribution in [0.5, 0.6) is 11.5 Å². The molecule has 0 aliphatic heterocycles. The van der Waals surface area contributed by atoms with Crippen molar-refractivity contribution in [2.75, 3.05) is 14.2 Å². The first-order valence-electron chi connectivity index (χ1n) is 7.22. The Labute approximate surface area is 144 Å². The van der Waals surface area contributed by atoms with E-state index < -0.39 is 0 Å². The Bertz CT molecular complexity index is 930. The summed E-state index contributed by atoms with van der Waals surface area (Å²) in [4.78, 5) is 0. The molecule has 24 heavy (non-hydrogen) atoms. The van der Waals surface area contributed by atoms with Crippen molar-refractivity contribution in [3.8, 4) is 22.9 Å². The Morgan fingerprint density at radius 2 is 1.96 bits per heavy atom. The monoisotopic (exact) mass is 340 g/mol. The second kappa shape index (κ2) is 7.10. The first kappa shape index (κ1) is 15.9. The maximum absolute atomic E-state index is 5.32. The van der Waals surface area contributed by atoms with E-state index in [4.69, 9.17) is 21.7 Å². The van der Waals surface area contributed by atoms with Crippen LogP contribution in [0.15, 0.2) is 53.6 Å². The summed E-state index contributed by atoms with van der Waals surface area (Å²) in [5, 5.41) is 11.5. The molecule has 0 aliphatic rings. The van der Waals surface area contributed by atoms with Gasteiger partial charge in [0.2, 0.25) is 4.77 Å². The van der Waals surface area contributed by atoms with E-state index in [0.29, 0.717) is 10.6 Å². The Balaban J connectivity index is 2.02. The summed E-state index contributed by atoms with van der Waals surface area (Å²) in [5.74, 6) is 2.07. The largest absolute Gasteiger partial charge is 0.497 e. The van der Waals surface area contributed by atoms with Crippen molar-refractivity contribution >= 4 is 18.4 Å². The topological polar surface area (TPSA) is 64.4 Å². The third-order valence-electron chi connectivity index (χ3n) is 3.43. The minimum absolute atomic E-state index is 0.402. The van der Waals surface area contributed by atoms with E-state index in [1.54, 1.807) is 25.1 Å². The molecule has 6 nitrogen and oxygen atoms in total. The maximum Gasteiger partial charge on any atom is 0.216 e. The van der Waals surface area contributed by atoms with E-state index in [-0.39, 0.29) is 0 Å². The molecule has 1 aromatic heterocycles. The lowest BCUT2D eigenvalue weighted by atomic mass is 10.2. The zero-order valence-corrected chi connectivity index (χ0v) is 14.1. The molecule has 2 aromatic carbocycles. The summed E-state index contributed by atoms with van der Waals surface area (Å²) >= 11 is 5.28. The van der Waals surface area contributed by atoms with Crippen LogP contribution in [0.2, 0.25) is 0 Å². The van der Waals surface area contributed by atoms with Crippen LogP contribution in [0.4, 0.5) is 0 Å². The summed E-state index contributed by atoms with van der Waals surface area (Å²) in [6.07, 6.45) is 1.69. The van der Waals surface area contributed by atoms with Gasteiger partial charge in [-0.3, -0.25) is 0 Å². The zero-order chi connectivity index (χ0) is 16.9. The summed E-state index contributed by atoms with van der Waals surface area (Å²) in [6, 6.07) is 15.2. The van der Waals surface area contributed by atoms with Crippen LogP contribution in [-0.4, -0.2) is 35.3 Å². The smallest absolute Gasteiger partial charge is 0.216 e. The molecule has 0 spiro atoms. The number of rotatable bonds is 5. The van der Waals surface area contributed by atoms with Gasteiger partial charge in [0.25, 0.3) is 0 Å². The van der Waals surface area contributed by atoms with Gasteiger partial charge in [-0.05, 0) is 36.5 Å². The van der Waals surface area contributed by atoms with Gasteiger partial charge in [0.1, 0.15) is 11.5 Å². The standard InChI is InChI=1S/C17H16N4O2S/c1-22-14-8-5-7-12(10-14)16-19-20-17(24)21(16)18-11-13-6-3-4-9-15(13)23-2/h3-11H,1-2H3,(H,20,24). The number of aromatic nitrogens is 3. The summed E-state index contributed by atoms with van der Waals surface area (Å²) in [7, 11) is 3.24. The lowest BCUT2D eigenvalue weighted by molar-refractivity contribution is 0.414. The third-order valence-corrected chi connectivity index (χ3v) is 3.69. The number of nitrogens with one attached hydrogen (secondary N) is 1. The van der Waals surface area contributed by atoms with Crippen molar-refractivity contribution in [3.05, 3.63) is 58.9 Å². The SMILES string of the molecule is COc1cccc(-c2n[nH]c(=S)n2N=Cc2ccccc2OC)c1. The Morgan fingerprint density at radius 1 is 1.12 bits per heavy atom. The minimum Gasteiger partial charge on any atom is -0.497 e. The molecular weight excluding hydrogens is 324 g/mol. The number of nitrogens with zero attached hydrogens (tertiary/aromatic N) is 3. The second-order valence-corrected chi connectivity index (χ2v) is 5.27. The number of hydrogen-bond donors (Lipinski definition) is 1. The third kappa shape index (κ3) is 3.21. The lowest BCUT2D eigenvalue weighted by Gasteiger charge is -2.05. The normalized spacial score (nSPS) is 10.9. The molecule has 0 bridgehead atoms. The van der Waals surface area contributed by atoms with Gasteiger partial charge in [-0.25, -0.2) is 5.10 Å². The Morgan fingerprint density at radius 3 is 2.75 bits per heavy atom. The fourth-order valence-electron chi connectivity index (χ4n) is 2.24. The molecule has 0 saturated heterocycles. The number of hydrogen-bond acceptors (Lipinski definition) is 5. The first-order valence-corrected chi connectivity index (χ1v) is 7.63. The van der Waals surface area contributed by atoms with Crippen molar-refractivity contribution < 1.29 is 9.47 Å². The van der Waals surface area contributed by atoms with Crippen LogP contribution in [-0.2, 0) is 0 Å². The molecule has 122 valence electrons. The van der Waals surface area contributed by atoms with Gasteiger partial charge in [-0.2, -0.15) is 14.9 Å². The van der Waals surface area contributed by atoms with Crippen LogP contribution in [0.3, 0.4) is 0 Å². The average Bonchev–Trinajstić information content (AvgIpc) is 3.00. The summed E-state index contributed by atoms with van der Waals surface area (Å²) in [6.45, 7) is 0. The van der Waals surface area contributed by atoms with Gasteiger partial charge >= 0.3 is 0 Å². The molecule has 0 radical (unpaired) electrons. The first-order chi connectivity index (χ1) is 11.7. The van der Waals surface area contributed by atoms with E-state index >= 15 is 0 Å². The van der Waals surface area contributed by atoms with E-state index in [1.807, 2.05) is 48.5 Å². The maximum atomic E-state index is 5.32. The highest BCUT2D eigenvalue weighted by Gasteiger charge is 2.09. The predicted octanol–water partition coefficient (Wildman–Crippen LogP) is 3.51. The Kier molecular flexibility index (Phi) is 4.72. The van der Waals surface area contributed by atoms with E-state index in [1.165, 1.54) is 0 Å².